The second-order valence-corrected chi connectivity index (χ2v) is 7.48. The van der Waals surface area contributed by atoms with E-state index in [-0.39, 0.29) is 12.3 Å². The fraction of sp³-hybridized carbons (Fsp3) is 0.240. The third kappa shape index (κ3) is 3.24. The van der Waals surface area contributed by atoms with E-state index in [1.807, 2.05) is 48.5 Å². The molecule has 3 aromatic carbocycles. The van der Waals surface area contributed by atoms with Crippen LogP contribution in [0.25, 0.3) is 0 Å². The number of rotatable bonds is 5. The van der Waals surface area contributed by atoms with Crippen molar-refractivity contribution < 1.29 is 18.9 Å². The van der Waals surface area contributed by atoms with Crippen molar-refractivity contribution in [1.82, 2.24) is 5.01 Å². The van der Waals surface area contributed by atoms with Crippen LogP contribution in [0.3, 0.4) is 0 Å². The topological polar surface area (TPSA) is 52.5 Å². The first-order chi connectivity index (χ1) is 15.2. The molecular formula is C25H24N2O4. The van der Waals surface area contributed by atoms with Crippen LogP contribution in [0.1, 0.15) is 35.4 Å². The van der Waals surface area contributed by atoms with Gasteiger partial charge >= 0.3 is 0 Å². The lowest BCUT2D eigenvalue weighted by Gasteiger charge is -2.38. The van der Waals surface area contributed by atoms with E-state index in [9.17, 15) is 0 Å². The molecule has 0 aliphatic carbocycles. The number of ether oxygens (including phenoxy) is 4. The minimum Gasteiger partial charge on any atom is -0.493 e. The van der Waals surface area contributed by atoms with E-state index >= 15 is 0 Å². The molecule has 2 heterocycles. The van der Waals surface area contributed by atoms with E-state index in [4.69, 9.17) is 24.0 Å². The number of benzene rings is 3. The van der Waals surface area contributed by atoms with Gasteiger partial charge in [-0.1, -0.05) is 42.5 Å². The zero-order valence-corrected chi connectivity index (χ0v) is 17.7. The number of hydrogen-bond donors (Lipinski definition) is 0. The molecule has 5 rings (SSSR count). The molecule has 0 spiro atoms. The lowest BCUT2D eigenvalue weighted by molar-refractivity contribution is -0.0209. The summed E-state index contributed by atoms with van der Waals surface area (Å²) in [5, 5.41) is 7.07. The Kier molecular flexibility index (Phi) is 4.90. The molecule has 0 amide bonds. The van der Waals surface area contributed by atoms with Gasteiger partial charge in [-0.2, -0.15) is 5.10 Å². The SMILES string of the molecule is COc1ccc(C2=NN3[C@@H](c4ccccc4)Oc4c(OC)cccc4[C@@H]3C2)cc1OC. The Morgan fingerprint density at radius 2 is 1.61 bits per heavy atom. The summed E-state index contributed by atoms with van der Waals surface area (Å²) in [5.74, 6) is 2.90. The van der Waals surface area contributed by atoms with Crippen LogP contribution in [0.15, 0.2) is 71.8 Å². The molecule has 0 saturated heterocycles. The van der Waals surface area contributed by atoms with Crippen molar-refractivity contribution in [3.63, 3.8) is 0 Å². The lowest BCUT2D eigenvalue weighted by Crippen LogP contribution is -2.33. The molecule has 6 nitrogen and oxygen atoms in total. The monoisotopic (exact) mass is 416 g/mol. The maximum absolute atomic E-state index is 6.47. The summed E-state index contributed by atoms with van der Waals surface area (Å²) in [6.45, 7) is 0. The van der Waals surface area contributed by atoms with E-state index in [1.54, 1.807) is 21.3 Å². The van der Waals surface area contributed by atoms with Crippen LogP contribution in [0.4, 0.5) is 0 Å². The van der Waals surface area contributed by atoms with Crippen molar-refractivity contribution in [3.05, 3.63) is 83.4 Å². The Bertz CT molecular complexity index is 1130. The first kappa shape index (κ1) is 19.3. The molecule has 3 aromatic rings. The van der Waals surface area contributed by atoms with E-state index < -0.39 is 0 Å². The Morgan fingerprint density at radius 3 is 2.35 bits per heavy atom. The molecule has 0 fully saturated rings. The Hall–Kier alpha value is -3.67. The number of para-hydroxylation sites is 1. The number of fused-ring (bicyclic) bond motifs is 3. The highest BCUT2D eigenvalue weighted by atomic mass is 16.5. The predicted octanol–water partition coefficient (Wildman–Crippen LogP) is 4.95. The molecule has 2 aliphatic heterocycles. The quantitative estimate of drug-likeness (QED) is 0.589. The molecule has 2 aliphatic rings. The number of hydrazone groups is 1. The fourth-order valence-electron chi connectivity index (χ4n) is 4.27. The van der Waals surface area contributed by atoms with E-state index in [2.05, 4.69) is 23.2 Å². The maximum Gasteiger partial charge on any atom is 0.214 e. The first-order valence-corrected chi connectivity index (χ1v) is 10.2. The fourth-order valence-corrected chi connectivity index (χ4v) is 4.27. The van der Waals surface area contributed by atoms with Gasteiger partial charge in [-0.3, -0.25) is 0 Å². The zero-order chi connectivity index (χ0) is 21.4. The highest BCUT2D eigenvalue weighted by molar-refractivity contribution is 6.02. The van der Waals surface area contributed by atoms with Crippen LogP contribution in [0.2, 0.25) is 0 Å². The third-order valence-corrected chi connectivity index (χ3v) is 5.80. The van der Waals surface area contributed by atoms with Gasteiger partial charge in [0.15, 0.2) is 23.0 Å². The first-order valence-electron chi connectivity index (χ1n) is 10.2. The van der Waals surface area contributed by atoms with Crippen LogP contribution in [-0.2, 0) is 0 Å². The molecule has 0 N–H and O–H groups in total. The molecule has 158 valence electrons. The van der Waals surface area contributed by atoms with Crippen LogP contribution in [0.5, 0.6) is 23.0 Å². The van der Waals surface area contributed by atoms with Gasteiger partial charge < -0.3 is 18.9 Å². The molecule has 31 heavy (non-hydrogen) atoms. The Balaban J connectivity index is 1.60. The van der Waals surface area contributed by atoms with Gasteiger partial charge in [0.05, 0.1) is 33.1 Å². The number of nitrogens with zero attached hydrogens (tertiary/aromatic N) is 2. The van der Waals surface area contributed by atoms with Crippen LogP contribution in [-0.4, -0.2) is 32.0 Å². The maximum atomic E-state index is 6.47. The Labute approximate surface area is 181 Å². The van der Waals surface area contributed by atoms with Gasteiger partial charge in [0.2, 0.25) is 6.23 Å². The van der Waals surface area contributed by atoms with Crippen molar-refractivity contribution in [2.24, 2.45) is 5.10 Å². The highest BCUT2D eigenvalue weighted by Gasteiger charge is 2.42. The average Bonchev–Trinajstić information content (AvgIpc) is 3.29. The molecule has 6 heteroatoms. The summed E-state index contributed by atoms with van der Waals surface area (Å²) in [6, 6.07) is 22.1. The summed E-state index contributed by atoms with van der Waals surface area (Å²) in [7, 11) is 4.95. The second-order valence-electron chi connectivity index (χ2n) is 7.48. The average molecular weight is 416 g/mol. The standard InChI is InChI=1S/C25H24N2O4/c1-28-21-13-12-17(14-23(21)30-3)19-15-20-18-10-7-11-22(29-2)24(18)31-25(27(20)26-19)16-8-5-4-6-9-16/h4-14,20,25H,15H2,1-3H3/t20-,25+/m0/s1. The third-order valence-electron chi connectivity index (χ3n) is 5.80. The second kappa shape index (κ2) is 7.87. The molecule has 0 saturated carbocycles. The van der Waals surface area contributed by atoms with Crippen LogP contribution in [0, 0.1) is 0 Å². The lowest BCUT2D eigenvalue weighted by atomic mass is 9.95. The Morgan fingerprint density at radius 1 is 0.839 bits per heavy atom. The minimum absolute atomic E-state index is 0.0483. The van der Waals surface area contributed by atoms with Gasteiger partial charge in [-0.05, 0) is 24.3 Å². The summed E-state index contributed by atoms with van der Waals surface area (Å²) < 4.78 is 23.0. The van der Waals surface area contributed by atoms with E-state index in [1.165, 1.54) is 0 Å². The predicted molar refractivity (Wildman–Crippen MR) is 118 cm³/mol. The summed E-state index contributed by atoms with van der Waals surface area (Å²) >= 11 is 0. The molecule has 2 atom stereocenters. The van der Waals surface area contributed by atoms with E-state index in [0.717, 1.165) is 40.3 Å². The van der Waals surface area contributed by atoms with Crippen LogP contribution >= 0.6 is 0 Å². The summed E-state index contributed by atoms with van der Waals surface area (Å²) in [5.41, 5.74) is 4.10. The smallest absolute Gasteiger partial charge is 0.214 e. The van der Waals surface area contributed by atoms with Gasteiger partial charge in [-0.15, -0.1) is 0 Å². The molecule has 0 radical (unpaired) electrons. The largest absolute Gasteiger partial charge is 0.493 e. The van der Waals surface area contributed by atoms with Crippen molar-refractivity contribution in [1.29, 1.82) is 0 Å². The van der Waals surface area contributed by atoms with Crippen molar-refractivity contribution in [2.75, 3.05) is 21.3 Å². The highest BCUT2D eigenvalue weighted by Crippen LogP contribution is 2.50. The summed E-state index contributed by atoms with van der Waals surface area (Å²) in [6.07, 6.45) is 0.412. The molecule has 0 unspecified atom stereocenters. The summed E-state index contributed by atoms with van der Waals surface area (Å²) in [4.78, 5) is 0. The van der Waals surface area contributed by atoms with Gasteiger partial charge in [0.25, 0.3) is 0 Å². The number of hydrogen-bond acceptors (Lipinski definition) is 6. The van der Waals surface area contributed by atoms with Gasteiger partial charge in [0, 0.05) is 23.1 Å². The zero-order valence-electron chi connectivity index (χ0n) is 17.7. The van der Waals surface area contributed by atoms with Crippen molar-refractivity contribution in [3.8, 4) is 23.0 Å². The minimum atomic E-state index is -0.340. The van der Waals surface area contributed by atoms with Gasteiger partial charge in [-0.25, -0.2) is 5.01 Å². The van der Waals surface area contributed by atoms with E-state index in [0.29, 0.717) is 11.5 Å². The molecular weight excluding hydrogens is 392 g/mol. The van der Waals surface area contributed by atoms with Crippen molar-refractivity contribution in [2.45, 2.75) is 18.7 Å². The normalized spacial score (nSPS) is 19.1. The molecule has 0 aromatic heterocycles. The van der Waals surface area contributed by atoms with Gasteiger partial charge in [0.1, 0.15) is 0 Å². The molecule has 0 bridgehead atoms. The number of methoxy groups -OCH3 is 3. The van der Waals surface area contributed by atoms with Crippen LogP contribution < -0.4 is 18.9 Å². The van der Waals surface area contributed by atoms with Crippen molar-refractivity contribution >= 4 is 5.71 Å².